The van der Waals surface area contributed by atoms with Gasteiger partial charge >= 0.3 is 0 Å². The lowest BCUT2D eigenvalue weighted by molar-refractivity contribution is 0.336. The highest BCUT2D eigenvalue weighted by Gasteiger charge is 2.03. The van der Waals surface area contributed by atoms with Gasteiger partial charge in [0.15, 0.2) is 0 Å². The number of hydrogen-bond acceptors (Lipinski definition) is 5. The van der Waals surface area contributed by atoms with Crippen molar-refractivity contribution in [3.05, 3.63) is 24.0 Å². The third kappa shape index (κ3) is 5.13. The van der Waals surface area contributed by atoms with Gasteiger partial charge in [0.1, 0.15) is 5.75 Å². The smallest absolute Gasteiger partial charge is 0.234 e. The number of nitrogens with zero attached hydrogens (tertiary/aromatic N) is 2. The minimum absolute atomic E-state index is 0.108. The van der Waals surface area contributed by atoms with Gasteiger partial charge in [-0.05, 0) is 19.1 Å². The molecular formula is C11H17N5OS. The van der Waals surface area contributed by atoms with Gasteiger partial charge in [-0.25, -0.2) is 5.53 Å². The Morgan fingerprint density at radius 1 is 1.61 bits per heavy atom. The van der Waals surface area contributed by atoms with Gasteiger partial charge in [-0.3, -0.25) is 10.4 Å². The number of rotatable bonds is 7. The molecule has 0 fully saturated rings. The van der Waals surface area contributed by atoms with Crippen molar-refractivity contribution < 1.29 is 4.74 Å². The zero-order chi connectivity index (χ0) is 13.2. The van der Waals surface area contributed by atoms with Gasteiger partial charge in [0, 0.05) is 24.2 Å². The minimum atomic E-state index is -0.108. The Bertz CT molecular complexity index is 399. The van der Waals surface area contributed by atoms with Crippen LogP contribution in [0.5, 0.6) is 5.75 Å². The number of nitrogens with one attached hydrogen (secondary N) is 3. The van der Waals surface area contributed by atoms with Crippen molar-refractivity contribution in [1.82, 2.24) is 10.3 Å². The Kier molecular flexibility index (Phi) is 6.78. The van der Waals surface area contributed by atoms with E-state index in [1.807, 2.05) is 19.1 Å². The summed E-state index contributed by atoms with van der Waals surface area (Å²) in [6.07, 6.45) is 1.76. The molecule has 98 valence electrons. The number of thioether (sulfide) groups is 1. The molecule has 0 unspecified atom stereocenters. The summed E-state index contributed by atoms with van der Waals surface area (Å²) in [5.41, 5.74) is 7.54. The van der Waals surface area contributed by atoms with E-state index in [0.717, 1.165) is 22.9 Å². The molecule has 7 heteroatoms. The molecule has 6 nitrogen and oxygen atoms in total. The Hall–Kier alpha value is -1.63. The van der Waals surface area contributed by atoms with E-state index in [0.29, 0.717) is 13.2 Å². The van der Waals surface area contributed by atoms with Crippen LogP contribution in [-0.2, 0) is 5.75 Å². The van der Waals surface area contributed by atoms with Crippen LogP contribution in [0.3, 0.4) is 0 Å². The van der Waals surface area contributed by atoms with Crippen molar-refractivity contribution >= 4 is 17.7 Å². The van der Waals surface area contributed by atoms with E-state index in [4.69, 9.17) is 15.7 Å². The second-order valence-corrected chi connectivity index (χ2v) is 4.43. The molecule has 1 rings (SSSR count). The summed E-state index contributed by atoms with van der Waals surface area (Å²) in [7, 11) is 0. The summed E-state index contributed by atoms with van der Waals surface area (Å²) in [6.45, 7) is 3.19. The zero-order valence-corrected chi connectivity index (χ0v) is 11.1. The first-order valence-corrected chi connectivity index (χ1v) is 6.77. The van der Waals surface area contributed by atoms with Gasteiger partial charge < -0.3 is 10.1 Å². The average molecular weight is 267 g/mol. The summed E-state index contributed by atoms with van der Waals surface area (Å²) >= 11 is 1.69. The number of hydrogen-bond donors (Lipinski definition) is 3. The standard InChI is InChI=1S/C11H17N5OS/c1-2-17-10-4-3-5-14-9(10)8-18-7-6-15-11(12)16-13/h3-5,13H,2,6-8H2,1H3,(H2,12,15). The summed E-state index contributed by atoms with van der Waals surface area (Å²) < 4.78 is 5.48. The molecule has 0 amide bonds. The lowest BCUT2D eigenvalue weighted by Crippen LogP contribution is -2.22. The average Bonchev–Trinajstić information content (AvgIpc) is 2.40. The van der Waals surface area contributed by atoms with Crippen LogP contribution in [0.4, 0.5) is 0 Å². The first kappa shape index (κ1) is 14.4. The van der Waals surface area contributed by atoms with E-state index < -0.39 is 0 Å². The molecule has 3 N–H and O–H groups in total. The Morgan fingerprint density at radius 2 is 2.44 bits per heavy atom. The molecular weight excluding hydrogens is 250 g/mol. The summed E-state index contributed by atoms with van der Waals surface area (Å²) in [6, 6.07) is 3.77. The quantitative estimate of drug-likeness (QED) is 0.306. The highest BCUT2D eigenvalue weighted by Crippen LogP contribution is 2.20. The van der Waals surface area contributed by atoms with Gasteiger partial charge in [-0.2, -0.15) is 11.8 Å². The Morgan fingerprint density at radius 3 is 3.17 bits per heavy atom. The molecule has 0 aliphatic carbocycles. The topological polar surface area (TPSA) is 94.2 Å². The number of ether oxygens (including phenoxy) is 1. The zero-order valence-electron chi connectivity index (χ0n) is 10.3. The summed E-state index contributed by atoms with van der Waals surface area (Å²) in [4.78, 5) is 4.29. The maximum atomic E-state index is 7.12. The van der Waals surface area contributed by atoms with Crippen LogP contribution in [0.1, 0.15) is 12.6 Å². The molecule has 18 heavy (non-hydrogen) atoms. The monoisotopic (exact) mass is 267 g/mol. The largest absolute Gasteiger partial charge is 0.492 e. The summed E-state index contributed by atoms with van der Waals surface area (Å²) in [5, 5.41) is 12.8. The molecule has 0 spiro atoms. The van der Waals surface area contributed by atoms with E-state index in [9.17, 15) is 0 Å². The normalized spacial score (nSPS) is 9.83. The Balaban J connectivity index is 2.30. The van der Waals surface area contributed by atoms with Gasteiger partial charge in [-0.1, -0.05) is 0 Å². The molecule has 0 atom stereocenters. The maximum Gasteiger partial charge on any atom is 0.234 e. The number of guanidine groups is 1. The van der Waals surface area contributed by atoms with E-state index in [2.05, 4.69) is 15.4 Å². The van der Waals surface area contributed by atoms with Crippen LogP contribution in [-0.4, -0.2) is 29.8 Å². The van der Waals surface area contributed by atoms with Crippen molar-refractivity contribution in [2.75, 3.05) is 18.9 Å². The molecule has 0 bridgehead atoms. The molecule has 0 aromatic carbocycles. The van der Waals surface area contributed by atoms with Crippen molar-refractivity contribution in [3.63, 3.8) is 0 Å². The van der Waals surface area contributed by atoms with Crippen LogP contribution in [0.2, 0.25) is 0 Å². The van der Waals surface area contributed by atoms with Crippen LogP contribution in [0, 0.1) is 10.9 Å². The van der Waals surface area contributed by atoms with Crippen molar-refractivity contribution in [1.29, 1.82) is 10.9 Å². The molecule has 0 radical (unpaired) electrons. The molecule has 1 aromatic heterocycles. The summed E-state index contributed by atoms with van der Waals surface area (Å²) in [5.74, 6) is 2.31. The van der Waals surface area contributed by atoms with Crippen molar-refractivity contribution in [3.8, 4) is 5.75 Å². The lowest BCUT2D eigenvalue weighted by Gasteiger charge is -2.08. The fourth-order valence-corrected chi connectivity index (χ4v) is 2.07. The first-order chi connectivity index (χ1) is 8.77. The van der Waals surface area contributed by atoms with Crippen LogP contribution < -0.4 is 10.1 Å². The van der Waals surface area contributed by atoms with Crippen molar-refractivity contribution in [2.45, 2.75) is 12.7 Å². The van der Waals surface area contributed by atoms with Gasteiger partial charge in [0.25, 0.3) is 0 Å². The second-order valence-electron chi connectivity index (χ2n) is 3.32. The van der Waals surface area contributed by atoms with Crippen LogP contribution in [0.15, 0.2) is 23.4 Å². The van der Waals surface area contributed by atoms with E-state index in [1.165, 1.54) is 0 Å². The van der Waals surface area contributed by atoms with Crippen molar-refractivity contribution in [2.24, 2.45) is 5.11 Å². The highest BCUT2D eigenvalue weighted by molar-refractivity contribution is 7.98. The molecule has 0 aliphatic heterocycles. The SMILES string of the molecule is CCOc1cccnc1CSCCNC(=N)N=N. The van der Waals surface area contributed by atoms with Gasteiger partial charge in [0.05, 0.1) is 12.3 Å². The van der Waals surface area contributed by atoms with E-state index >= 15 is 0 Å². The number of pyridine rings is 1. The fourth-order valence-electron chi connectivity index (χ4n) is 1.27. The molecule has 1 heterocycles. The third-order valence-electron chi connectivity index (χ3n) is 2.04. The van der Waals surface area contributed by atoms with E-state index in [1.54, 1.807) is 18.0 Å². The lowest BCUT2D eigenvalue weighted by atomic mass is 10.3. The van der Waals surface area contributed by atoms with Crippen LogP contribution >= 0.6 is 11.8 Å². The number of aromatic nitrogens is 1. The molecule has 0 saturated heterocycles. The molecule has 1 aromatic rings. The minimum Gasteiger partial charge on any atom is -0.492 e. The highest BCUT2D eigenvalue weighted by atomic mass is 32.2. The Labute approximate surface area is 111 Å². The predicted molar refractivity (Wildman–Crippen MR) is 72.4 cm³/mol. The first-order valence-electron chi connectivity index (χ1n) is 5.62. The van der Waals surface area contributed by atoms with Crippen LogP contribution in [0.25, 0.3) is 0 Å². The molecule has 0 saturated carbocycles. The maximum absolute atomic E-state index is 7.12. The molecule has 0 aliphatic rings. The second kappa shape index (κ2) is 8.46. The van der Waals surface area contributed by atoms with E-state index in [-0.39, 0.29) is 5.96 Å². The third-order valence-corrected chi connectivity index (χ3v) is 3.01. The fraction of sp³-hybridized carbons (Fsp3) is 0.455. The van der Waals surface area contributed by atoms with Gasteiger partial charge in [0.2, 0.25) is 5.96 Å². The predicted octanol–water partition coefficient (Wildman–Crippen LogP) is 2.27. The van der Waals surface area contributed by atoms with Gasteiger partial charge in [-0.15, -0.1) is 5.11 Å².